The summed E-state index contributed by atoms with van der Waals surface area (Å²) in [4.78, 5) is 22.4. The summed E-state index contributed by atoms with van der Waals surface area (Å²) in [5.74, 6) is -1.80. The number of halogens is 3. The molecular formula is C15H18F3NO3. The lowest BCUT2D eigenvalue weighted by atomic mass is 9.99. The molecule has 0 fully saturated rings. The van der Waals surface area contributed by atoms with E-state index in [0.29, 0.717) is 5.56 Å². The van der Waals surface area contributed by atoms with Gasteiger partial charge >= 0.3 is 12.1 Å². The number of amides is 1. The van der Waals surface area contributed by atoms with Crippen molar-refractivity contribution in [3.05, 3.63) is 35.4 Å². The van der Waals surface area contributed by atoms with Gasteiger partial charge in [-0.05, 0) is 31.0 Å². The van der Waals surface area contributed by atoms with Gasteiger partial charge in [-0.3, -0.25) is 9.59 Å². The first-order valence-electron chi connectivity index (χ1n) is 6.78. The van der Waals surface area contributed by atoms with Gasteiger partial charge in [0.2, 0.25) is 5.91 Å². The first-order chi connectivity index (χ1) is 10.1. The maximum absolute atomic E-state index is 12.4. The van der Waals surface area contributed by atoms with Gasteiger partial charge in [-0.2, -0.15) is 13.2 Å². The Morgan fingerprint density at radius 2 is 1.73 bits per heavy atom. The van der Waals surface area contributed by atoms with E-state index in [9.17, 15) is 22.8 Å². The zero-order chi connectivity index (χ0) is 16.9. The van der Waals surface area contributed by atoms with Crippen LogP contribution in [-0.4, -0.2) is 23.0 Å². The monoisotopic (exact) mass is 317 g/mol. The normalized spacial score (nSPS) is 14.2. The van der Waals surface area contributed by atoms with Crippen LogP contribution < -0.4 is 5.32 Å². The van der Waals surface area contributed by atoms with Crippen molar-refractivity contribution in [3.8, 4) is 0 Å². The Kier molecular flexibility index (Phi) is 5.96. The molecule has 1 aromatic rings. The highest BCUT2D eigenvalue weighted by Crippen LogP contribution is 2.29. The lowest BCUT2D eigenvalue weighted by molar-refractivity contribution is -0.138. The third-order valence-electron chi connectivity index (χ3n) is 3.14. The summed E-state index contributed by atoms with van der Waals surface area (Å²) in [6, 6.07) is 4.14. The molecule has 0 spiro atoms. The largest absolute Gasteiger partial charge is 0.481 e. The average Bonchev–Trinajstić information content (AvgIpc) is 2.36. The summed E-state index contributed by atoms with van der Waals surface area (Å²) in [5, 5.41) is 11.2. The van der Waals surface area contributed by atoms with Crippen LogP contribution in [0.1, 0.15) is 31.4 Å². The molecule has 2 N–H and O–H groups in total. The number of benzene rings is 1. The lowest BCUT2D eigenvalue weighted by Crippen LogP contribution is -2.38. The summed E-state index contributed by atoms with van der Waals surface area (Å²) >= 11 is 0. The minimum Gasteiger partial charge on any atom is -0.481 e. The molecule has 1 rings (SSSR count). The number of carboxylic acids is 1. The zero-order valence-corrected chi connectivity index (χ0v) is 12.3. The molecule has 7 heteroatoms. The Balaban J connectivity index is 2.59. The highest BCUT2D eigenvalue weighted by atomic mass is 19.4. The van der Waals surface area contributed by atoms with Crippen LogP contribution in [0.3, 0.4) is 0 Å². The van der Waals surface area contributed by atoms with E-state index in [2.05, 4.69) is 5.32 Å². The Hall–Kier alpha value is -2.05. The Morgan fingerprint density at radius 3 is 2.18 bits per heavy atom. The van der Waals surface area contributed by atoms with Gasteiger partial charge in [-0.1, -0.05) is 19.1 Å². The minimum absolute atomic E-state index is 0.182. The molecule has 122 valence electrons. The zero-order valence-electron chi connectivity index (χ0n) is 12.3. The number of aliphatic carboxylic acids is 1. The Bertz CT molecular complexity index is 526. The number of hydrogen-bond donors (Lipinski definition) is 2. The number of rotatable bonds is 6. The van der Waals surface area contributed by atoms with Crippen molar-refractivity contribution in [2.45, 2.75) is 38.9 Å². The molecule has 0 aliphatic rings. The molecule has 0 heterocycles. The van der Waals surface area contributed by atoms with Gasteiger partial charge in [0.25, 0.3) is 0 Å². The fourth-order valence-electron chi connectivity index (χ4n) is 1.97. The predicted molar refractivity (Wildman–Crippen MR) is 74.2 cm³/mol. The molecule has 2 atom stereocenters. The van der Waals surface area contributed by atoms with Crippen LogP contribution in [0.2, 0.25) is 0 Å². The number of alkyl halides is 3. The summed E-state index contributed by atoms with van der Waals surface area (Å²) in [6.45, 7) is 3.22. The molecule has 1 aromatic carbocycles. The van der Waals surface area contributed by atoms with Crippen molar-refractivity contribution < 1.29 is 27.9 Å². The number of carbonyl (C=O) groups is 2. The minimum atomic E-state index is -4.38. The van der Waals surface area contributed by atoms with Crippen LogP contribution >= 0.6 is 0 Å². The van der Waals surface area contributed by atoms with E-state index in [1.54, 1.807) is 13.8 Å². The molecule has 0 saturated carbocycles. The van der Waals surface area contributed by atoms with Gasteiger partial charge in [0, 0.05) is 12.0 Å². The lowest BCUT2D eigenvalue weighted by Gasteiger charge is -2.16. The van der Waals surface area contributed by atoms with Gasteiger partial charge in [0.1, 0.15) is 0 Å². The van der Waals surface area contributed by atoms with Crippen LogP contribution in [0, 0.1) is 5.92 Å². The topological polar surface area (TPSA) is 66.4 Å². The molecular weight excluding hydrogens is 299 g/mol. The van der Waals surface area contributed by atoms with Crippen LogP contribution in [0.25, 0.3) is 0 Å². The third kappa shape index (κ3) is 5.75. The fourth-order valence-corrected chi connectivity index (χ4v) is 1.97. The molecule has 4 nitrogen and oxygen atoms in total. The first-order valence-corrected chi connectivity index (χ1v) is 6.78. The van der Waals surface area contributed by atoms with Crippen molar-refractivity contribution in [2.75, 3.05) is 0 Å². The standard InChI is InChI=1S/C15H18F3NO3/c1-9(14(22)19-10(2)8-13(20)21)7-11-3-5-12(6-4-11)15(16,17)18/h3-6,9-10H,7-8H2,1-2H3,(H,19,22)(H,20,21). The number of nitrogens with one attached hydrogen (secondary N) is 1. The molecule has 22 heavy (non-hydrogen) atoms. The summed E-state index contributed by atoms with van der Waals surface area (Å²) in [5.41, 5.74) is -0.120. The third-order valence-corrected chi connectivity index (χ3v) is 3.14. The molecule has 0 saturated heterocycles. The van der Waals surface area contributed by atoms with E-state index in [0.717, 1.165) is 12.1 Å². The first kappa shape index (κ1) is 18.0. The summed E-state index contributed by atoms with van der Waals surface area (Å²) in [6.07, 6.45) is -4.28. The molecule has 0 bridgehead atoms. The number of hydrogen-bond acceptors (Lipinski definition) is 2. The van der Waals surface area contributed by atoms with Crippen molar-refractivity contribution in [3.63, 3.8) is 0 Å². The molecule has 0 aliphatic carbocycles. The van der Waals surface area contributed by atoms with Gasteiger partial charge in [-0.15, -0.1) is 0 Å². The van der Waals surface area contributed by atoms with Crippen LogP contribution in [0.4, 0.5) is 13.2 Å². The van der Waals surface area contributed by atoms with Crippen molar-refractivity contribution >= 4 is 11.9 Å². The van der Waals surface area contributed by atoms with Crippen molar-refractivity contribution in [2.24, 2.45) is 5.92 Å². The van der Waals surface area contributed by atoms with Crippen LogP contribution in [0.15, 0.2) is 24.3 Å². The quantitative estimate of drug-likeness (QED) is 0.848. The molecule has 0 aliphatic heterocycles. The van der Waals surface area contributed by atoms with Crippen LogP contribution in [-0.2, 0) is 22.2 Å². The second-order valence-corrected chi connectivity index (χ2v) is 5.31. The summed E-state index contributed by atoms with van der Waals surface area (Å²) < 4.78 is 37.3. The average molecular weight is 317 g/mol. The number of carbonyl (C=O) groups excluding carboxylic acids is 1. The molecule has 2 unspecified atom stereocenters. The van der Waals surface area contributed by atoms with Crippen molar-refractivity contribution in [1.29, 1.82) is 0 Å². The van der Waals surface area contributed by atoms with E-state index in [1.807, 2.05) is 0 Å². The Labute approximate surface area is 126 Å². The van der Waals surface area contributed by atoms with Gasteiger partial charge in [-0.25, -0.2) is 0 Å². The maximum Gasteiger partial charge on any atom is 0.416 e. The molecule has 1 amide bonds. The Morgan fingerprint density at radius 1 is 1.18 bits per heavy atom. The van der Waals surface area contributed by atoms with E-state index in [4.69, 9.17) is 5.11 Å². The summed E-state index contributed by atoms with van der Waals surface area (Å²) in [7, 11) is 0. The van der Waals surface area contributed by atoms with Crippen LogP contribution in [0.5, 0.6) is 0 Å². The molecule has 0 aromatic heterocycles. The highest BCUT2D eigenvalue weighted by molar-refractivity contribution is 5.79. The maximum atomic E-state index is 12.4. The molecule has 0 radical (unpaired) electrons. The SMILES string of the molecule is CC(CC(=O)O)NC(=O)C(C)Cc1ccc(C(F)(F)F)cc1. The number of carboxylic acid groups (broad SMARTS) is 1. The highest BCUT2D eigenvalue weighted by Gasteiger charge is 2.30. The van der Waals surface area contributed by atoms with E-state index in [-0.39, 0.29) is 18.7 Å². The van der Waals surface area contributed by atoms with Gasteiger partial charge in [0.15, 0.2) is 0 Å². The van der Waals surface area contributed by atoms with Gasteiger partial charge in [0.05, 0.1) is 12.0 Å². The van der Waals surface area contributed by atoms with E-state index in [1.165, 1.54) is 12.1 Å². The second kappa shape index (κ2) is 7.29. The second-order valence-electron chi connectivity index (χ2n) is 5.31. The van der Waals surface area contributed by atoms with E-state index >= 15 is 0 Å². The van der Waals surface area contributed by atoms with Crippen molar-refractivity contribution in [1.82, 2.24) is 5.32 Å². The van der Waals surface area contributed by atoms with E-state index < -0.39 is 29.7 Å². The van der Waals surface area contributed by atoms with Gasteiger partial charge < -0.3 is 10.4 Å². The predicted octanol–water partition coefficient (Wildman–Crippen LogP) is 2.86. The fraction of sp³-hybridized carbons (Fsp3) is 0.467. The smallest absolute Gasteiger partial charge is 0.416 e.